The first kappa shape index (κ1) is 15.6. The van der Waals surface area contributed by atoms with E-state index < -0.39 is 5.91 Å². The summed E-state index contributed by atoms with van der Waals surface area (Å²) < 4.78 is 7.53. The van der Waals surface area contributed by atoms with Crippen molar-refractivity contribution >= 4 is 5.91 Å². The van der Waals surface area contributed by atoms with Gasteiger partial charge in [0, 0.05) is 0 Å². The van der Waals surface area contributed by atoms with Gasteiger partial charge in [-0.2, -0.15) is 10.4 Å². The second kappa shape index (κ2) is 6.76. The molecule has 22 heavy (non-hydrogen) atoms. The van der Waals surface area contributed by atoms with E-state index in [-0.39, 0.29) is 6.54 Å². The van der Waals surface area contributed by atoms with E-state index >= 15 is 0 Å². The Morgan fingerprint density at radius 3 is 2.77 bits per heavy atom. The zero-order valence-corrected chi connectivity index (χ0v) is 12.7. The summed E-state index contributed by atoms with van der Waals surface area (Å²) >= 11 is 0. The fourth-order valence-corrected chi connectivity index (χ4v) is 2.25. The molecule has 2 N–H and O–H groups in total. The van der Waals surface area contributed by atoms with Crippen LogP contribution in [0, 0.1) is 11.3 Å². The standard InChI is InChI=1S/C16H18N4O2/c1-3-13-16(14(4-2)20(19-13)10-15(18)21)22-12-7-5-6-11(8-12)9-17/h5-8H,3-4,10H2,1-2H3,(H2,18,21). The van der Waals surface area contributed by atoms with Crippen molar-refractivity contribution in [3.8, 4) is 17.6 Å². The summed E-state index contributed by atoms with van der Waals surface area (Å²) in [6, 6.07) is 9.01. The number of nitriles is 1. The third-order valence-electron chi connectivity index (χ3n) is 3.24. The van der Waals surface area contributed by atoms with Crippen LogP contribution in [0.3, 0.4) is 0 Å². The molecule has 0 radical (unpaired) electrons. The first-order valence-electron chi connectivity index (χ1n) is 7.13. The van der Waals surface area contributed by atoms with Crippen LogP contribution < -0.4 is 10.5 Å². The number of hydrogen-bond donors (Lipinski definition) is 1. The number of amides is 1. The number of nitrogens with two attached hydrogens (primary N) is 1. The number of carbonyl (C=O) groups is 1. The molecule has 114 valence electrons. The number of ether oxygens (including phenoxy) is 1. The zero-order chi connectivity index (χ0) is 16.1. The summed E-state index contributed by atoms with van der Waals surface area (Å²) in [5.41, 5.74) is 7.37. The quantitative estimate of drug-likeness (QED) is 0.884. The molecule has 1 amide bonds. The van der Waals surface area contributed by atoms with E-state index in [1.54, 1.807) is 28.9 Å². The second-order valence-electron chi connectivity index (χ2n) is 4.80. The maximum absolute atomic E-state index is 11.2. The van der Waals surface area contributed by atoms with Crippen LogP contribution in [0.2, 0.25) is 0 Å². The van der Waals surface area contributed by atoms with Gasteiger partial charge in [-0.1, -0.05) is 19.9 Å². The minimum atomic E-state index is -0.446. The number of aromatic nitrogens is 2. The Hall–Kier alpha value is -2.81. The van der Waals surface area contributed by atoms with Crippen LogP contribution in [0.1, 0.15) is 30.8 Å². The summed E-state index contributed by atoms with van der Waals surface area (Å²) in [6.07, 6.45) is 1.33. The molecule has 0 aliphatic carbocycles. The maximum atomic E-state index is 11.2. The van der Waals surface area contributed by atoms with Crippen LogP contribution in [0.25, 0.3) is 0 Å². The Labute approximate surface area is 129 Å². The van der Waals surface area contributed by atoms with Gasteiger partial charge in [0.1, 0.15) is 18.0 Å². The summed E-state index contributed by atoms with van der Waals surface area (Å²) in [5.74, 6) is 0.765. The summed E-state index contributed by atoms with van der Waals surface area (Å²) in [4.78, 5) is 11.2. The highest BCUT2D eigenvalue weighted by Gasteiger charge is 2.18. The van der Waals surface area contributed by atoms with Gasteiger partial charge >= 0.3 is 0 Å². The fraction of sp³-hybridized carbons (Fsp3) is 0.312. The predicted molar refractivity (Wildman–Crippen MR) is 81.4 cm³/mol. The fourth-order valence-electron chi connectivity index (χ4n) is 2.25. The predicted octanol–water partition coefficient (Wildman–Crippen LogP) is 2.16. The van der Waals surface area contributed by atoms with Gasteiger partial charge in [-0.15, -0.1) is 0 Å². The lowest BCUT2D eigenvalue weighted by atomic mass is 10.2. The average Bonchev–Trinajstić information content (AvgIpc) is 2.83. The van der Waals surface area contributed by atoms with Crippen molar-refractivity contribution in [3.63, 3.8) is 0 Å². The molecule has 0 spiro atoms. The van der Waals surface area contributed by atoms with Crippen LogP contribution in [0.5, 0.6) is 11.5 Å². The van der Waals surface area contributed by atoms with E-state index in [4.69, 9.17) is 15.7 Å². The van der Waals surface area contributed by atoms with Crippen molar-refractivity contribution < 1.29 is 9.53 Å². The Morgan fingerprint density at radius 2 is 2.18 bits per heavy atom. The first-order valence-corrected chi connectivity index (χ1v) is 7.13. The van der Waals surface area contributed by atoms with Crippen LogP contribution in [0.4, 0.5) is 0 Å². The number of rotatable bonds is 6. The molecular weight excluding hydrogens is 280 g/mol. The molecule has 0 atom stereocenters. The summed E-state index contributed by atoms with van der Waals surface area (Å²) in [7, 11) is 0. The van der Waals surface area contributed by atoms with E-state index in [2.05, 4.69) is 11.2 Å². The number of hydrogen-bond acceptors (Lipinski definition) is 4. The lowest BCUT2D eigenvalue weighted by molar-refractivity contribution is -0.118. The summed E-state index contributed by atoms with van der Waals surface area (Å²) in [6.45, 7) is 3.96. The van der Waals surface area contributed by atoms with Crippen LogP contribution in [0.15, 0.2) is 24.3 Å². The van der Waals surface area contributed by atoms with Gasteiger partial charge in [-0.3, -0.25) is 9.48 Å². The van der Waals surface area contributed by atoms with E-state index in [1.807, 2.05) is 13.8 Å². The first-order chi connectivity index (χ1) is 10.6. The molecule has 1 heterocycles. The molecule has 1 aromatic heterocycles. The second-order valence-corrected chi connectivity index (χ2v) is 4.80. The van der Waals surface area contributed by atoms with Gasteiger partial charge < -0.3 is 10.5 Å². The van der Waals surface area contributed by atoms with Crippen molar-refractivity contribution in [1.82, 2.24) is 9.78 Å². The van der Waals surface area contributed by atoms with E-state index in [9.17, 15) is 4.79 Å². The highest BCUT2D eigenvalue weighted by Crippen LogP contribution is 2.30. The third kappa shape index (κ3) is 3.26. The topological polar surface area (TPSA) is 93.9 Å². The van der Waals surface area contributed by atoms with Gasteiger partial charge in [-0.25, -0.2) is 0 Å². The van der Waals surface area contributed by atoms with Crippen molar-refractivity contribution in [3.05, 3.63) is 41.2 Å². The Kier molecular flexibility index (Phi) is 4.79. The van der Waals surface area contributed by atoms with Crippen LogP contribution in [-0.4, -0.2) is 15.7 Å². The van der Waals surface area contributed by atoms with Gasteiger partial charge in [0.15, 0.2) is 5.75 Å². The highest BCUT2D eigenvalue weighted by atomic mass is 16.5. The van der Waals surface area contributed by atoms with E-state index in [0.29, 0.717) is 29.9 Å². The van der Waals surface area contributed by atoms with Gasteiger partial charge in [-0.05, 0) is 31.0 Å². The van der Waals surface area contributed by atoms with Crippen molar-refractivity contribution in [1.29, 1.82) is 5.26 Å². The van der Waals surface area contributed by atoms with Gasteiger partial charge in [0.05, 0.1) is 17.3 Å². The highest BCUT2D eigenvalue weighted by molar-refractivity contribution is 5.73. The SMILES string of the molecule is CCc1nn(CC(N)=O)c(CC)c1Oc1cccc(C#N)c1. The number of benzene rings is 1. The molecule has 2 rings (SSSR count). The molecule has 6 nitrogen and oxygen atoms in total. The molecule has 6 heteroatoms. The molecule has 1 aromatic carbocycles. The van der Waals surface area contributed by atoms with Crippen molar-refractivity contribution in [2.75, 3.05) is 0 Å². The molecule has 0 unspecified atom stereocenters. The largest absolute Gasteiger partial charge is 0.453 e. The lowest BCUT2D eigenvalue weighted by Crippen LogP contribution is -2.20. The van der Waals surface area contributed by atoms with Crippen molar-refractivity contribution in [2.45, 2.75) is 33.2 Å². The maximum Gasteiger partial charge on any atom is 0.239 e. The smallest absolute Gasteiger partial charge is 0.239 e. The lowest BCUT2D eigenvalue weighted by Gasteiger charge is -2.08. The molecule has 0 saturated heterocycles. The molecule has 0 bridgehead atoms. The molecule has 0 aliphatic rings. The van der Waals surface area contributed by atoms with Gasteiger partial charge in [0.2, 0.25) is 5.91 Å². The summed E-state index contributed by atoms with van der Waals surface area (Å²) in [5, 5.41) is 13.4. The molecular formula is C16H18N4O2. The number of carbonyl (C=O) groups excluding carboxylic acids is 1. The average molecular weight is 298 g/mol. The molecule has 0 saturated carbocycles. The van der Waals surface area contributed by atoms with Crippen LogP contribution >= 0.6 is 0 Å². The Balaban J connectivity index is 2.42. The third-order valence-corrected chi connectivity index (χ3v) is 3.24. The normalized spacial score (nSPS) is 10.2. The van der Waals surface area contributed by atoms with E-state index in [0.717, 1.165) is 11.4 Å². The zero-order valence-electron chi connectivity index (χ0n) is 12.7. The minimum absolute atomic E-state index is 0.0256. The van der Waals surface area contributed by atoms with Gasteiger partial charge in [0.25, 0.3) is 0 Å². The Morgan fingerprint density at radius 1 is 1.41 bits per heavy atom. The minimum Gasteiger partial charge on any atom is -0.453 e. The van der Waals surface area contributed by atoms with E-state index in [1.165, 1.54) is 0 Å². The van der Waals surface area contributed by atoms with Crippen LogP contribution in [-0.2, 0) is 24.2 Å². The monoisotopic (exact) mass is 298 g/mol. The van der Waals surface area contributed by atoms with Crippen molar-refractivity contribution in [2.24, 2.45) is 5.73 Å². The number of nitrogens with zero attached hydrogens (tertiary/aromatic N) is 3. The molecule has 0 fully saturated rings. The Bertz CT molecular complexity index is 728. The molecule has 0 aliphatic heterocycles. The number of aryl methyl sites for hydroxylation is 1. The number of primary amides is 1. The molecule has 2 aromatic rings.